The Morgan fingerprint density at radius 2 is 2.33 bits per heavy atom. The maximum atomic E-state index is 13.7. The second-order valence-electron chi connectivity index (χ2n) is 6.39. The zero-order chi connectivity index (χ0) is 17.5. The normalized spacial score (nSPS) is 18.2. The number of nitrogens with zero attached hydrogens (tertiary/aromatic N) is 1. The summed E-state index contributed by atoms with van der Waals surface area (Å²) in [7, 11) is 3.12. The first kappa shape index (κ1) is 18.5. The number of carbonyl (C=O) groups excluding carboxylic acids is 1. The molecule has 24 heavy (non-hydrogen) atoms. The number of nitrogens with one attached hydrogen (secondary N) is 1. The fourth-order valence-corrected chi connectivity index (χ4v) is 2.85. The van der Waals surface area contributed by atoms with E-state index in [1.54, 1.807) is 24.1 Å². The van der Waals surface area contributed by atoms with Crippen molar-refractivity contribution in [1.29, 1.82) is 0 Å². The molecule has 5 nitrogen and oxygen atoms in total. The van der Waals surface area contributed by atoms with Gasteiger partial charge in [0.25, 0.3) is 0 Å². The molecule has 1 aliphatic heterocycles. The monoisotopic (exact) mass is 338 g/mol. The van der Waals surface area contributed by atoms with Crippen molar-refractivity contribution in [3.63, 3.8) is 0 Å². The summed E-state index contributed by atoms with van der Waals surface area (Å²) in [6.07, 6.45) is 4.44. The number of carbonyl (C=O) groups is 1. The Kier molecular flexibility index (Phi) is 6.85. The number of rotatable bonds is 7. The minimum atomic E-state index is -0.422. The van der Waals surface area contributed by atoms with Gasteiger partial charge in [-0.25, -0.2) is 9.18 Å². The van der Waals surface area contributed by atoms with Gasteiger partial charge in [-0.2, -0.15) is 0 Å². The van der Waals surface area contributed by atoms with E-state index in [0.29, 0.717) is 12.6 Å². The molecule has 2 amide bonds. The molecule has 1 aromatic rings. The maximum Gasteiger partial charge on any atom is 0.317 e. The first-order valence-electron chi connectivity index (χ1n) is 8.45. The van der Waals surface area contributed by atoms with Gasteiger partial charge in [0.15, 0.2) is 11.6 Å². The molecule has 1 fully saturated rings. The summed E-state index contributed by atoms with van der Waals surface area (Å²) in [6.45, 7) is 3.19. The SMILES string of the molecule is COc1ccc(CN(C)C(=O)NC(C)CCC2CCCO2)cc1F. The first-order chi connectivity index (χ1) is 11.5. The van der Waals surface area contributed by atoms with Crippen LogP contribution in [0.5, 0.6) is 5.75 Å². The fraction of sp³-hybridized carbons (Fsp3) is 0.611. The maximum absolute atomic E-state index is 13.7. The topological polar surface area (TPSA) is 50.8 Å². The second-order valence-corrected chi connectivity index (χ2v) is 6.39. The van der Waals surface area contributed by atoms with E-state index in [0.717, 1.165) is 37.9 Å². The molecule has 1 heterocycles. The van der Waals surface area contributed by atoms with E-state index in [2.05, 4.69) is 5.32 Å². The smallest absolute Gasteiger partial charge is 0.317 e. The van der Waals surface area contributed by atoms with Crippen LogP contribution in [0.2, 0.25) is 0 Å². The van der Waals surface area contributed by atoms with Gasteiger partial charge in [-0.3, -0.25) is 0 Å². The van der Waals surface area contributed by atoms with Crippen molar-refractivity contribution in [1.82, 2.24) is 10.2 Å². The molecule has 6 heteroatoms. The Morgan fingerprint density at radius 3 is 2.96 bits per heavy atom. The lowest BCUT2D eigenvalue weighted by Crippen LogP contribution is -2.41. The van der Waals surface area contributed by atoms with Crippen molar-refractivity contribution in [2.24, 2.45) is 0 Å². The van der Waals surface area contributed by atoms with Gasteiger partial charge in [-0.15, -0.1) is 0 Å². The minimum Gasteiger partial charge on any atom is -0.494 e. The van der Waals surface area contributed by atoms with Gasteiger partial charge < -0.3 is 19.7 Å². The van der Waals surface area contributed by atoms with Crippen LogP contribution in [-0.2, 0) is 11.3 Å². The number of benzene rings is 1. The number of methoxy groups -OCH3 is 1. The molecule has 1 N–H and O–H groups in total. The summed E-state index contributed by atoms with van der Waals surface area (Å²) in [4.78, 5) is 13.8. The Balaban J connectivity index is 1.77. The summed E-state index contributed by atoms with van der Waals surface area (Å²) >= 11 is 0. The van der Waals surface area contributed by atoms with Crippen LogP contribution < -0.4 is 10.1 Å². The van der Waals surface area contributed by atoms with Gasteiger partial charge in [-0.1, -0.05) is 6.07 Å². The van der Waals surface area contributed by atoms with Crippen LogP contribution in [0.25, 0.3) is 0 Å². The molecule has 134 valence electrons. The van der Waals surface area contributed by atoms with Crippen LogP contribution in [0.3, 0.4) is 0 Å². The largest absolute Gasteiger partial charge is 0.494 e. The van der Waals surface area contributed by atoms with Crippen molar-refractivity contribution in [3.05, 3.63) is 29.6 Å². The highest BCUT2D eigenvalue weighted by Gasteiger charge is 2.18. The summed E-state index contributed by atoms with van der Waals surface area (Å²) in [5, 5.41) is 2.97. The second kappa shape index (κ2) is 8.87. The van der Waals surface area contributed by atoms with Gasteiger partial charge >= 0.3 is 6.03 Å². The van der Waals surface area contributed by atoms with E-state index < -0.39 is 5.82 Å². The average molecular weight is 338 g/mol. The van der Waals surface area contributed by atoms with E-state index in [4.69, 9.17) is 9.47 Å². The lowest BCUT2D eigenvalue weighted by Gasteiger charge is -2.22. The van der Waals surface area contributed by atoms with Crippen molar-refractivity contribution >= 4 is 6.03 Å². The highest BCUT2D eigenvalue weighted by atomic mass is 19.1. The predicted molar refractivity (Wildman–Crippen MR) is 90.6 cm³/mol. The van der Waals surface area contributed by atoms with E-state index in [-0.39, 0.29) is 17.8 Å². The zero-order valence-corrected chi connectivity index (χ0v) is 14.7. The number of ether oxygens (including phenoxy) is 2. The van der Waals surface area contributed by atoms with Gasteiger partial charge in [-0.05, 0) is 50.3 Å². The quantitative estimate of drug-likeness (QED) is 0.830. The van der Waals surface area contributed by atoms with Crippen LogP contribution in [0, 0.1) is 5.82 Å². The molecule has 2 rings (SSSR count). The van der Waals surface area contributed by atoms with Gasteiger partial charge in [0.2, 0.25) is 0 Å². The van der Waals surface area contributed by atoms with Crippen LogP contribution in [0.4, 0.5) is 9.18 Å². The number of hydrogen-bond acceptors (Lipinski definition) is 3. The number of amides is 2. The Hall–Kier alpha value is -1.82. The fourth-order valence-electron chi connectivity index (χ4n) is 2.85. The van der Waals surface area contributed by atoms with E-state index in [9.17, 15) is 9.18 Å². The van der Waals surface area contributed by atoms with Crippen molar-refractivity contribution in [2.45, 2.75) is 51.3 Å². The van der Waals surface area contributed by atoms with Crippen LogP contribution in [0.1, 0.15) is 38.2 Å². The molecule has 0 aromatic heterocycles. The van der Waals surface area contributed by atoms with E-state index in [1.165, 1.54) is 13.2 Å². The minimum absolute atomic E-state index is 0.0803. The lowest BCUT2D eigenvalue weighted by atomic mass is 10.1. The molecule has 0 bridgehead atoms. The molecule has 0 aliphatic carbocycles. The van der Waals surface area contributed by atoms with Crippen LogP contribution in [-0.4, -0.2) is 43.8 Å². The summed E-state index contributed by atoms with van der Waals surface area (Å²) in [5.41, 5.74) is 0.720. The highest BCUT2D eigenvalue weighted by molar-refractivity contribution is 5.74. The molecule has 2 unspecified atom stereocenters. The number of urea groups is 1. The van der Waals surface area contributed by atoms with Gasteiger partial charge in [0, 0.05) is 26.2 Å². The average Bonchev–Trinajstić information content (AvgIpc) is 3.06. The summed E-state index contributed by atoms with van der Waals surface area (Å²) in [5.74, 6) is -0.220. The van der Waals surface area contributed by atoms with Crippen molar-refractivity contribution < 1.29 is 18.7 Å². The third kappa shape index (κ3) is 5.37. The molecule has 2 atom stereocenters. The molecule has 1 aromatic carbocycles. The predicted octanol–water partition coefficient (Wildman–Crippen LogP) is 3.32. The van der Waals surface area contributed by atoms with Gasteiger partial charge in [0.05, 0.1) is 13.2 Å². The molecule has 0 spiro atoms. The van der Waals surface area contributed by atoms with Crippen molar-refractivity contribution in [3.8, 4) is 5.75 Å². The Bertz CT molecular complexity index is 547. The zero-order valence-electron chi connectivity index (χ0n) is 14.7. The third-order valence-corrected chi connectivity index (χ3v) is 4.30. The molecule has 0 saturated carbocycles. The summed E-state index contributed by atoms with van der Waals surface area (Å²) in [6, 6.07) is 4.64. The van der Waals surface area contributed by atoms with E-state index >= 15 is 0 Å². The lowest BCUT2D eigenvalue weighted by molar-refractivity contribution is 0.1000. The molecule has 1 aliphatic rings. The standard InChI is InChI=1S/C18H27FN2O3/c1-13(6-8-15-5-4-10-24-15)20-18(22)21(2)12-14-7-9-17(23-3)16(19)11-14/h7,9,11,13,15H,4-6,8,10,12H2,1-3H3,(H,20,22). The Labute approximate surface area is 143 Å². The molecular weight excluding hydrogens is 311 g/mol. The molecule has 1 saturated heterocycles. The number of halogens is 1. The molecular formula is C18H27FN2O3. The summed E-state index contributed by atoms with van der Waals surface area (Å²) < 4.78 is 24.2. The molecule has 0 radical (unpaired) electrons. The Morgan fingerprint density at radius 1 is 1.54 bits per heavy atom. The van der Waals surface area contributed by atoms with Crippen LogP contribution in [0.15, 0.2) is 18.2 Å². The first-order valence-corrected chi connectivity index (χ1v) is 8.45. The number of hydrogen-bond donors (Lipinski definition) is 1. The third-order valence-electron chi connectivity index (χ3n) is 4.30. The van der Waals surface area contributed by atoms with E-state index in [1.807, 2.05) is 6.92 Å². The highest BCUT2D eigenvalue weighted by Crippen LogP contribution is 2.19. The van der Waals surface area contributed by atoms with Crippen molar-refractivity contribution in [2.75, 3.05) is 20.8 Å². The van der Waals surface area contributed by atoms with Gasteiger partial charge in [0.1, 0.15) is 0 Å². The van der Waals surface area contributed by atoms with Crippen LogP contribution >= 0.6 is 0 Å².